The van der Waals surface area contributed by atoms with Crippen LogP contribution in [-0.4, -0.2) is 11.9 Å². The number of carbonyl (C=O) groups is 1. The zero-order chi connectivity index (χ0) is 21.1. The van der Waals surface area contributed by atoms with Gasteiger partial charge in [-0.25, -0.2) is 14.2 Å². The summed E-state index contributed by atoms with van der Waals surface area (Å²) in [6, 6.07) is 19.0. The average molecular weight is 578 g/mol. The Morgan fingerprint density at radius 1 is 1.10 bits per heavy atom. The van der Waals surface area contributed by atoms with Gasteiger partial charge >= 0.3 is 5.97 Å². The summed E-state index contributed by atoms with van der Waals surface area (Å²) in [5.41, 5.74) is 2.43. The standard InChI is InChI=1S/C23H14BrFINO3/c24-18-11-16(7-10-19(18)26)22-27-20(23(28)30-22)12-15-3-1-2-4-21(15)29-13-14-5-8-17(25)9-6-14/h1-12H,13H2/b20-12-. The van der Waals surface area contributed by atoms with Crippen molar-refractivity contribution >= 4 is 56.5 Å². The van der Waals surface area contributed by atoms with Gasteiger partial charge in [0.15, 0.2) is 5.70 Å². The van der Waals surface area contributed by atoms with Crippen LogP contribution >= 0.6 is 38.5 Å². The number of rotatable bonds is 5. The van der Waals surface area contributed by atoms with Crippen LogP contribution < -0.4 is 4.74 Å². The molecule has 4 rings (SSSR count). The number of aliphatic imine (C=N–C) groups is 1. The molecule has 0 amide bonds. The fourth-order valence-corrected chi connectivity index (χ4v) is 3.50. The lowest BCUT2D eigenvalue weighted by Gasteiger charge is -2.09. The summed E-state index contributed by atoms with van der Waals surface area (Å²) in [4.78, 5) is 16.7. The van der Waals surface area contributed by atoms with Crippen LogP contribution in [0.1, 0.15) is 16.7 Å². The van der Waals surface area contributed by atoms with Crippen molar-refractivity contribution in [1.82, 2.24) is 0 Å². The van der Waals surface area contributed by atoms with Crippen LogP contribution in [0.2, 0.25) is 0 Å². The Labute approximate surface area is 194 Å². The lowest BCUT2D eigenvalue weighted by atomic mass is 10.1. The molecular formula is C23H14BrFINO3. The fraction of sp³-hybridized carbons (Fsp3) is 0.0435. The van der Waals surface area contributed by atoms with E-state index in [4.69, 9.17) is 9.47 Å². The van der Waals surface area contributed by atoms with E-state index in [2.05, 4.69) is 43.5 Å². The third-order valence-electron chi connectivity index (χ3n) is 4.31. The average Bonchev–Trinajstić information content (AvgIpc) is 3.11. The van der Waals surface area contributed by atoms with Gasteiger partial charge in [-0.2, -0.15) is 0 Å². The van der Waals surface area contributed by atoms with Crippen LogP contribution in [0.3, 0.4) is 0 Å². The first kappa shape index (κ1) is 20.7. The second-order valence-electron chi connectivity index (χ2n) is 6.42. The molecule has 0 fully saturated rings. The molecule has 0 bridgehead atoms. The van der Waals surface area contributed by atoms with Crippen molar-refractivity contribution < 1.29 is 18.7 Å². The van der Waals surface area contributed by atoms with Crippen molar-refractivity contribution in [1.29, 1.82) is 0 Å². The summed E-state index contributed by atoms with van der Waals surface area (Å²) in [6.07, 6.45) is 1.64. The van der Waals surface area contributed by atoms with Crippen molar-refractivity contribution in [3.63, 3.8) is 0 Å². The Bertz CT molecular complexity index is 1180. The predicted molar refractivity (Wildman–Crippen MR) is 125 cm³/mol. The number of esters is 1. The molecule has 0 saturated carbocycles. The molecule has 0 radical (unpaired) electrons. The van der Waals surface area contributed by atoms with Gasteiger partial charge in [0.1, 0.15) is 18.2 Å². The summed E-state index contributed by atoms with van der Waals surface area (Å²) < 4.78 is 26.2. The molecule has 0 atom stereocenters. The Hall–Kier alpha value is -2.52. The van der Waals surface area contributed by atoms with E-state index < -0.39 is 5.97 Å². The smallest absolute Gasteiger partial charge is 0.363 e. The van der Waals surface area contributed by atoms with Crippen molar-refractivity contribution in [3.8, 4) is 5.75 Å². The van der Waals surface area contributed by atoms with E-state index in [1.165, 1.54) is 12.1 Å². The first-order valence-electron chi connectivity index (χ1n) is 8.94. The van der Waals surface area contributed by atoms with Gasteiger partial charge in [0.2, 0.25) is 5.90 Å². The quantitative estimate of drug-likeness (QED) is 0.209. The van der Waals surface area contributed by atoms with Crippen LogP contribution in [0.5, 0.6) is 5.75 Å². The van der Waals surface area contributed by atoms with Crippen molar-refractivity contribution in [2.24, 2.45) is 4.99 Å². The second-order valence-corrected chi connectivity index (χ2v) is 8.43. The summed E-state index contributed by atoms with van der Waals surface area (Å²) in [5, 5.41) is 0. The molecule has 3 aromatic rings. The number of nitrogens with zero attached hydrogens (tertiary/aromatic N) is 1. The van der Waals surface area contributed by atoms with Gasteiger partial charge in [0, 0.05) is 19.2 Å². The Morgan fingerprint density at radius 2 is 1.87 bits per heavy atom. The molecule has 0 aromatic heterocycles. The van der Waals surface area contributed by atoms with Crippen LogP contribution in [0, 0.1) is 9.39 Å². The molecule has 7 heteroatoms. The third kappa shape index (κ3) is 4.79. The highest BCUT2D eigenvalue weighted by atomic mass is 127. The number of halogens is 3. The number of carbonyl (C=O) groups excluding carboxylic acids is 1. The van der Waals surface area contributed by atoms with Crippen molar-refractivity contribution in [2.45, 2.75) is 6.61 Å². The third-order valence-corrected chi connectivity index (χ3v) is 6.64. The maximum Gasteiger partial charge on any atom is 0.363 e. The zero-order valence-electron chi connectivity index (χ0n) is 15.4. The van der Waals surface area contributed by atoms with Crippen LogP contribution in [0.4, 0.5) is 4.39 Å². The molecule has 30 heavy (non-hydrogen) atoms. The van der Waals surface area contributed by atoms with Gasteiger partial charge in [-0.3, -0.25) is 0 Å². The van der Waals surface area contributed by atoms with E-state index in [0.717, 1.165) is 13.6 Å². The number of para-hydroxylation sites is 1. The van der Waals surface area contributed by atoms with Gasteiger partial charge < -0.3 is 9.47 Å². The Morgan fingerprint density at radius 3 is 2.63 bits per heavy atom. The van der Waals surface area contributed by atoms with Crippen molar-refractivity contribution in [2.75, 3.05) is 0 Å². The minimum Gasteiger partial charge on any atom is -0.488 e. The monoisotopic (exact) mass is 577 g/mol. The number of hydrogen-bond acceptors (Lipinski definition) is 4. The van der Waals surface area contributed by atoms with Crippen LogP contribution in [0.25, 0.3) is 6.08 Å². The molecule has 1 aliphatic rings. The first-order chi connectivity index (χ1) is 14.5. The lowest BCUT2D eigenvalue weighted by molar-refractivity contribution is -0.129. The lowest BCUT2D eigenvalue weighted by Crippen LogP contribution is -2.05. The predicted octanol–water partition coefficient (Wildman–Crippen LogP) is 6.12. The van der Waals surface area contributed by atoms with Gasteiger partial charge in [-0.15, -0.1) is 0 Å². The first-order valence-corrected chi connectivity index (χ1v) is 10.8. The summed E-state index contributed by atoms with van der Waals surface area (Å²) in [7, 11) is 0. The van der Waals surface area contributed by atoms with E-state index in [1.54, 1.807) is 24.3 Å². The number of benzene rings is 3. The number of hydrogen-bond donors (Lipinski definition) is 0. The van der Waals surface area contributed by atoms with E-state index in [9.17, 15) is 9.18 Å². The van der Waals surface area contributed by atoms with Gasteiger partial charge in [-0.1, -0.05) is 30.3 Å². The molecule has 4 nitrogen and oxygen atoms in total. The van der Waals surface area contributed by atoms with E-state index in [0.29, 0.717) is 16.9 Å². The molecule has 1 aliphatic heterocycles. The zero-order valence-corrected chi connectivity index (χ0v) is 19.2. The van der Waals surface area contributed by atoms with E-state index in [-0.39, 0.29) is 24.0 Å². The van der Waals surface area contributed by atoms with Gasteiger partial charge in [-0.05, 0) is 86.6 Å². The molecule has 1 heterocycles. The normalized spacial score (nSPS) is 14.6. The van der Waals surface area contributed by atoms with Crippen LogP contribution in [-0.2, 0) is 16.1 Å². The fourth-order valence-electron chi connectivity index (χ4n) is 2.78. The Balaban J connectivity index is 1.58. The van der Waals surface area contributed by atoms with Gasteiger partial charge in [0.05, 0.1) is 0 Å². The molecule has 0 aliphatic carbocycles. The Kier molecular flexibility index (Phi) is 6.29. The maximum atomic E-state index is 13.1. The number of cyclic esters (lactones) is 1. The molecule has 3 aromatic carbocycles. The molecule has 0 spiro atoms. The van der Waals surface area contributed by atoms with Crippen LogP contribution in [0.15, 0.2) is 81.9 Å². The van der Waals surface area contributed by atoms with Gasteiger partial charge in [0.25, 0.3) is 0 Å². The topological polar surface area (TPSA) is 47.9 Å². The number of ether oxygens (including phenoxy) is 2. The SMILES string of the molecule is O=C1OC(c2ccc(I)c(Br)c2)=N/C1=C\c1ccccc1OCc1ccc(F)cc1. The minimum absolute atomic E-state index is 0.192. The molecular weight excluding hydrogens is 564 g/mol. The van der Waals surface area contributed by atoms with Crippen molar-refractivity contribution in [3.05, 3.63) is 103 Å². The summed E-state index contributed by atoms with van der Waals surface area (Å²) >= 11 is 5.68. The summed E-state index contributed by atoms with van der Waals surface area (Å²) in [6.45, 7) is 0.274. The molecule has 150 valence electrons. The second kappa shape index (κ2) is 9.09. The molecule has 0 saturated heterocycles. The molecule has 0 unspecified atom stereocenters. The molecule has 0 N–H and O–H groups in total. The summed E-state index contributed by atoms with van der Waals surface area (Å²) in [5.74, 6) is 0.0290. The largest absolute Gasteiger partial charge is 0.488 e. The highest BCUT2D eigenvalue weighted by molar-refractivity contribution is 14.1. The minimum atomic E-state index is -0.520. The maximum absolute atomic E-state index is 13.1. The van der Waals surface area contributed by atoms with E-state index in [1.807, 2.05) is 36.4 Å². The van der Waals surface area contributed by atoms with E-state index >= 15 is 0 Å². The highest BCUT2D eigenvalue weighted by Gasteiger charge is 2.25. The highest BCUT2D eigenvalue weighted by Crippen LogP contribution is 2.27.